The molecule has 3 amide bonds. The number of allylic oxidation sites excluding steroid dienone is 1. The zero-order valence-electron chi connectivity index (χ0n) is 22.3. The summed E-state index contributed by atoms with van der Waals surface area (Å²) in [6, 6.07) is 3.59. The van der Waals surface area contributed by atoms with Gasteiger partial charge in [-0.15, -0.1) is 0 Å². The number of hydrogen-bond donors (Lipinski definition) is 1. The molecule has 0 spiro atoms. The summed E-state index contributed by atoms with van der Waals surface area (Å²) in [7, 11) is 0. The first kappa shape index (κ1) is 27.7. The first-order chi connectivity index (χ1) is 16.8. The molecule has 1 saturated heterocycles. The molecule has 2 heterocycles. The van der Waals surface area contributed by atoms with E-state index < -0.39 is 11.5 Å². The Morgan fingerprint density at radius 1 is 1.25 bits per heavy atom. The van der Waals surface area contributed by atoms with Gasteiger partial charge in [0.1, 0.15) is 5.60 Å². The SMILES string of the molecule is CCN(c1cc(Cl)cc(C(=O)NCC2C(=O)N=C(C)C=C2C)c1C)C1CCN(C(=O)OC(C)(C)C)C1. The fourth-order valence-corrected chi connectivity index (χ4v) is 4.97. The van der Waals surface area contributed by atoms with Crippen molar-refractivity contribution in [3.63, 3.8) is 0 Å². The van der Waals surface area contributed by atoms with Gasteiger partial charge in [-0.2, -0.15) is 0 Å². The minimum atomic E-state index is -0.548. The number of nitrogens with zero attached hydrogens (tertiary/aromatic N) is 3. The summed E-state index contributed by atoms with van der Waals surface area (Å²) in [5, 5.41) is 3.34. The van der Waals surface area contributed by atoms with Crippen LogP contribution in [0.15, 0.2) is 28.8 Å². The molecule has 196 valence electrons. The lowest BCUT2D eigenvalue weighted by molar-refractivity contribution is -0.120. The smallest absolute Gasteiger partial charge is 0.410 e. The van der Waals surface area contributed by atoms with Crippen LogP contribution in [0.25, 0.3) is 0 Å². The van der Waals surface area contributed by atoms with Crippen molar-refractivity contribution < 1.29 is 19.1 Å². The number of benzene rings is 1. The summed E-state index contributed by atoms with van der Waals surface area (Å²) >= 11 is 6.46. The van der Waals surface area contributed by atoms with Gasteiger partial charge in [-0.3, -0.25) is 9.59 Å². The van der Waals surface area contributed by atoms with E-state index in [1.807, 2.05) is 53.7 Å². The molecule has 0 saturated carbocycles. The van der Waals surface area contributed by atoms with Crippen LogP contribution in [0.3, 0.4) is 0 Å². The zero-order chi connectivity index (χ0) is 26.8. The van der Waals surface area contributed by atoms with E-state index in [1.165, 1.54) is 0 Å². The number of nitrogens with one attached hydrogen (secondary N) is 1. The second-order valence-corrected chi connectivity index (χ2v) is 10.9. The van der Waals surface area contributed by atoms with E-state index in [0.29, 0.717) is 35.9 Å². The highest BCUT2D eigenvalue weighted by atomic mass is 35.5. The van der Waals surface area contributed by atoms with E-state index in [-0.39, 0.29) is 30.5 Å². The van der Waals surface area contributed by atoms with Crippen LogP contribution in [0, 0.1) is 12.8 Å². The third kappa shape index (κ3) is 6.46. The quantitative estimate of drug-likeness (QED) is 0.587. The molecule has 3 rings (SSSR count). The van der Waals surface area contributed by atoms with Gasteiger partial charge in [-0.1, -0.05) is 17.2 Å². The Balaban J connectivity index is 1.76. The average molecular weight is 517 g/mol. The van der Waals surface area contributed by atoms with Crippen molar-refractivity contribution in [3.8, 4) is 0 Å². The van der Waals surface area contributed by atoms with Gasteiger partial charge in [0.05, 0.1) is 5.92 Å². The zero-order valence-corrected chi connectivity index (χ0v) is 23.0. The lowest BCUT2D eigenvalue weighted by Crippen LogP contribution is -2.41. The van der Waals surface area contributed by atoms with Crippen molar-refractivity contribution in [1.82, 2.24) is 10.2 Å². The van der Waals surface area contributed by atoms with Crippen LogP contribution in [-0.2, 0) is 9.53 Å². The lowest BCUT2D eigenvalue weighted by Gasteiger charge is -2.32. The molecule has 9 heteroatoms. The summed E-state index contributed by atoms with van der Waals surface area (Å²) in [5.74, 6) is -1.01. The number of anilines is 1. The molecule has 0 aromatic heterocycles. The van der Waals surface area contributed by atoms with Crippen LogP contribution in [-0.4, -0.2) is 66.3 Å². The molecule has 1 aromatic carbocycles. The number of amides is 3. The second kappa shape index (κ2) is 11.0. The number of dihydropyridines is 1. The monoisotopic (exact) mass is 516 g/mol. The van der Waals surface area contributed by atoms with E-state index in [4.69, 9.17) is 16.3 Å². The Kier molecular flexibility index (Phi) is 8.49. The molecule has 2 atom stereocenters. The molecule has 1 N–H and O–H groups in total. The second-order valence-electron chi connectivity index (χ2n) is 10.5. The third-order valence-corrected chi connectivity index (χ3v) is 6.75. The van der Waals surface area contributed by atoms with Gasteiger partial charge < -0.3 is 19.9 Å². The minimum absolute atomic E-state index is 0.0735. The van der Waals surface area contributed by atoms with Crippen LogP contribution in [0.5, 0.6) is 0 Å². The number of carbonyl (C=O) groups is 3. The third-order valence-electron chi connectivity index (χ3n) is 6.53. The maximum Gasteiger partial charge on any atom is 0.410 e. The van der Waals surface area contributed by atoms with Gasteiger partial charge in [0.25, 0.3) is 11.8 Å². The van der Waals surface area contributed by atoms with Crippen molar-refractivity contribution in [2.45, 2.75) is 66.5 Å². The minimum Gasteiger partial charge on any atom is -0.444 e. The number of likely N-dealkylation sites (tertiary alicyclic amines) is 1. The van der Waals surface area contributed by atoms with E-state index in [9.17, 15) is 14.4 Å². The first-order valence-electron chi connectivity index (χ1n) is 12.4. The molecular formula is C27H37ClN4O4. The summed E-state index contributed by atoms with van der Waals surface area (Å²) in [6.45, 7) is 15.2. The van der Waals surface area contributed by atoms with Gasteiger partial charge in [-0.25, -0.2) is 9.79 Å². The molecule has 36 heavy (non-hydrogen) atoms. The fraction of sp³-hybridized carbons (Fsp3) is 0.556. The number of halogens is 1. The summed E-state index contributed by atoms with van der Waals surface area (Å²) < 4.78 is 5.54. The molecule has 1 fully saturated rings. The van der Waals surface area contributed by atoms with E-state index in [2.05, 4.69) is 15.2 Å². The number of carbonyl (C=O) groups excluding carboxylic acids is 3. The molecule has 0 aliphatic carbocycles. The van der Waals surface area contributed by atoms with E-state index in [1.54, 1.807) is 17.9 Å². The summed E-state index contributed by atoms with van der Waals surface area (Å²) in [6.07, 6.45) is 2.34. The Hall–Kier alpha value is -2.87. The van der Waals surface area contributed by atoms with Crippen LogP contribution >= 0.6 is 11.6 Å². The van der Waals surface area contributed by atoms with Gasteiger partial charge in [0.15, 0.2) is 0 Å². The molecule has 2 unspecified atom stereocenters. The number of hydrogen-bond acceptors (Lipinski definition) is 5. The topological polar surface area (TPSA) is 91.3 Å². The number of likely N-dealkylation sites (N-methyl/N-ethyl adjacent to an activating group) is 1. The number of aliphatic imine (C=N–C) groups is 1. The van der Waals surface area contributed by atoms with Crippen molar-refractivity contribution >= 4 is 40.9 Å². The summed E-state index contributed by atoms with van der Waals surface area (Å²) in [5.41, 5.74) is 3.12. The number of ether oxygens (including phenoxy) is 1. The maximum atomic E-state index is 13.2. The fourth-order valence-electron chi connectivity index (χ4n) is 4.76. The van der Waals surface area contributed by atoms with Crippen molar-refractivity contribution in [3.05, 3.63) is 39.9 Å². The average Bonchev–Trinajstić information content (AvgIpc) is 3.24. The van der Waals surface area contributed by atoms with E-state index >= 15 is 0 Å². The van der Waals surface area contributed by atoms with E-state index in [0.717, 1.165) is 23.2 Å². The summed E-state index contributed by atoms with van der Waals surface area (Å²) in [4.78, 5) is 46.0. The molecule has 2 aliphatic heterocycles. The van der Waals surface area contributed by atoms with Crippen LogP contribution in [0.2, 0.25) is 5.02 Å². The van der Waals surface area contributed by atoms with Crippen LogP contribution < -0.4 is 10.2 Å². The van der Waals surface area contributed by atoms with Gasteiger partial charge in [0, 0.05) is 54.2 Å². The highest BCUT2D eigenvalue weighted by Crippen LogP contribution is 2.32. The van der Waals surface area contributed by atoms with Crippen LogP contribution in [0.1, 0.15) is 63.9 Å². The van der Waals surface area contributed by atoms with Crippen LogP contribution in [0.4, 0.5) is 10.5 Å². The highest BCUT2D eigenvalue weighted by molar-refractivity contribution is 6.31. The maximum absolute atomic E-state index is 13.2. The Morgan fingerprint density at radius 2 is 1.94 bits per heavy atom. The lowest BCUT2D eigenvalue weighted by atomic mass is 9.95. The Labute approximate surface area is 218 Å². The predicted octanol–water partition coefficient (Wildman–Crippen LogP) is 4.78. The molecule has 0 radical (unpaired) electrons. The van der Waals surface area contributed by atoms with Gasteiger partial charge in [-0.05, 0) is 78.7 Å². The highest BCUT2D eigenvalue weighted by Gasteiger charge is 2.33. The molecule has 1 aromatic rings. The Bertz CT molecular complexity index is 1110. The normalized spacial score (nSPS) is 20.1. The van der Waals surface area contributed by atoms with Crippen molar-refractivity contribution in [2.75, 3.05) is 31.1 Å². The van der Waals surface area contributed by atoms with Gasteiger partial charge >= 0.3 is 6.09 Å². The largest absolute Gasteiger partial charge is 0.444 e. The molecular weight excluding hydrogens is 480 g/mol. The molecule has 8 nitrogen and oxygen atoms in total. The van der Waals surface area contributed by atoms with Crippen molar-refractivity contribution in [2.24, 2.45) is 10.9 Å². The molecule has 2 aliphatic rings. The number of rotatable bonds is 6. The first-order valence-corrected chi connectivity index (χ1v) is 12.8. The Morgan fingerprint density at radius 3 is 2.56 bits per heavy atom. The molecule has 0 bridgehead atoms. The van der Waals surface area contributed by atoms with Gasteiger partial charge in [0.2, 0.25) is 0 Å². The predicted molar refractivity (Wildman–Crippen MR) is 143 cm³/mol. The standard InChI is InChI=1S/C27H37ClN4O4/c1-8-32(20-9-10-31(15-20)26(35)36-27(5,6)7)23-13-19(28)12-21(18(23)4)24(33)29-14-22-16(2)11-17(3)30-25(22)34/h11-13,20,22H,8-10,14-15H2,1-7H3,(H,29,33). The van der Waals surface area contributed by atoms with Crippen molar-refractivity contribution in [1.29, 1.82) is 0 Å².